The van der Waals surface area contributed by atoms with Gasteiger partial charge in [0.2, 0.25) is 0 Å². The lowest BCUT2D eigenvalue weighted by molar-refractivity contribution is 0.504. The van der Waals surface area contributed by atoms with E-state index in [1.54, 1.807) is 4.68 Å². The Balaban J connectivity index is 2.75. The van der Waals surface area contributed by atoms with Gasteiger partial charge in [-0.15, -0.1) is 0 Å². The summed E-state index contributed by atoms with van der Waals surface area (Å²) in [6.45, 7) is 3.77. The number of para-hydroxylation sites is 2. The number of aromatic nitrogens is 2. The molecule has 2 rings (SSSR count). The predicted octanol–water partition coefficient (Wildman–Crippen LogP) is 0.944. The topological polar surface area (TPSA) is 69.9 Å². The van der Waals surface area contributed by atoms with Gasteiger partial charge in [-0.1, -0.05) is 12.1 Å². The molecule has 0 spiro atoms. The van der Waals surface area contributed by atoms with Crippen LogP contribution in [0.2, 0.25) is 0 Å². The predicted molar refractivity (Wildman–Crippen MR) is 57.1 cm³/mol. The fraction of sp³-hybridized carbons (Fsp3) is 0.300. The molecule has 1 aromatic heterocycles. The van der Waals surface area contributed by atoms with Gasteiger partial charge in [-0.25, -0.2) is 9.66 Å². The smallest absolute Gasteiger partial charge is 0.147 e. The molecule has 14 heavy (non-hydrogen) atoms. The molecule has 4 N–H and O–H groups in total. The molecule has 0 saturated heterocycles. The number of hydrogen-bond donors (Lipinski definition) is 2. The highest BCUT2D eigenvalue weighted by Gasteiger charge is 2.21. The zero-order chi connectivity index (χ0) is 10.3. The first-order chi connectivity index (χ1) is 6.50. The van der Waals surface area contributed by atoms with Gasteiger partial charge in [0.1, 0.15) is 5.82 Å². The Bertz CT molecular complexity index is 464. The van der Waals surface area contributed by atoms with Crippen molar-refractivity contribution in [3.8, 4) is 0 Å². The molecule has 0 saturated carbocycles. The van der Waals surface area contributed by atoms with E-state index in [1.165, 1.54) is 0 Å². The molecule has 2 aromatic rings. The minimum Gasteiger partial charge on any atom is -0.337 e. The molecule has 0 aliphatic heterocycles. The van der Waals surface area contributed by atoms with E-state index in [2.05, 4.69) is 4.98 Å². The monoisotopic (exact) mass is 190 g/mol. The van der Waals surface area contributed by atoms with Crippen molar-refractivity contribution in [3.05, 3.63) is 30.1 Å². The van der Waals surface area contributed by atoms with Crippen LogP contribution in [0.1, 0.15) is 19.7 Å². The Morgan fingerprint density at radius 2 is 1.93 bits per heavy atom. The second kappa shape index (κ2) is 2.72. The lowest BCUT2D eigenvalue weighted by Crippen LogP contribution is -2.34. The maximum atomic E-state index is 5.96. The van der Waals surface area contributed by atoms with Crippen LogP contribution >= 0.6 is 0 Å². The number of imidazole rings is 1. The number of nitrogens with two attached hydrogens (primary N) is 2. The first kappa shape index (κ1) is 9.02. The van der Waals surface area contributed by atoms with E-state index in [1.807, 2.05) is 38.1 Å². The van der Waals surface area contributed by atoms with Gasteiger partial charge in [-0.3, -0.25) is 0 Å². The molecule has 0 aliphatic carbocycles. The number of rotatable bonds is 1. The molecule has 74 valence electrons. The molecule has 0 radical (unpaired) electrons. The maximum absolute atomic E-state index is 5.96. The van der Waals surface area contributed by atoms with Crippen LogP contribution in [0.15, 0.2) is 24.3 Å². The van der Waals surface area contributed by atoms with Crippen molar-refractivity contribution >= 4 is 11.0 Å². The molecule has 0 unspecified atom stereocenters. The fourth-order valence-corrected chi connectivity index (χ4v) is 1.50. The van der Waals surface area contributed by atoms with Gasteiger partial charge in [0.05, 0.1) is 16.6 Å². The Kier molecular flexibility index (Phi) is 1.75. The minimum absolute atomic E-state index is 0.520. The number of fused-ring (bicyclic) bond motifs is 1. The summed E-state index contributed by atoms with van der Waals surface area (Å²) in [5.74, 6) is 6.59. The summed E-state index contributed by atoms with van der Waals surface area (Å²) in [4.78, 5) is 4.40. The fourth-order valence-electron chi connectivity index (χ4n) is 1.50. The molecular weight excluding hydrogens is 176 g/mol. The van der Waals surface area contributed by atoms with Crippen molar-refractivity contribution in [2.45, 2.75) is 19.4 Å². The SMILES string of the molecule is CC(C)(N)c1nc2ccccc2n1N. The van der Waals surface area contributed by atoms with Crippen LogP contribution in [-0.2, 0) is 5.54 Å². The van der Waals surface area contributed by atoms with Gasteiger partial charge in [0, 0.05) is 0 Å². The van der Waals surface area contributed by atoms with E-state index >= 15 is 0 Å². The number of nitrogens with zero attached hydrogens (tertiary/aromatic N) is 2. The molecule has 0 aliphatic rings. The van der Waals surface area contributed by atoms with Crippen LogP contribution in [0.25, 0.3) is 11.0 Å². The molecular formula is C10H14N4. The Labute approximate surface area is 82.5 Å². The molecule has 0 amide bonds. The van der Waals surface area contributed by atoms with Gasteiger partial charge in [0.15, 0.2) is 0 Å². The summed E-state index contributed by atoms with van der Waals surface area (Å²) in [6, 6.07) is 7.72. The van der Waals surface area contributed by atoms with E-state index in [9.17, 15) is 0 Å². The van der Waals surface area contributed by atoms with Gasteiger partial charge in [-0.2, -0.15) is 0 Å². The summed E-state index contributed by atoms with van der Waals surface area (Å²) in [6.07, 6.45) is 0. The zero-order valence-electron chi connectivity index (χ0n) is 8.36. The van der Waals surface area contributed by atoms with Crippen LogP contribution in [0.4, 0.5) is 0 Å². The maximum Gasteiger partial charge on any atom is 0.147 e. The third kappa shape index (κ3) is 1.24. The number of benzene rings is 1. The van der Waals surface area contributed by atoms with Crippen molar-refractivity contribution < 1.29 is 0 Å². The average molecular weight is 190 g/mol. The highest BCUT2D eigenvalue weighted by Crippen LogP contribution is 2.20. The van der Waals surface area contributed by atoms with Crippen LogP contribution in [0.5, 0.6) is 0 Å². The minimum atomic E-state index is -0.520. The van der Waals surface area contributed by atoms with Gasteiger partial charge >= 0.3 is 0 Å². The largest absolute Gasteiger partial charge is 0.337 e. The lowest BCUT2D eigenvalue weighted by atomic mass is 10.1. The van der Waals surface area contributed by atoms with Crippen molar-refractivity contribution in [1.82, 2.24) is 9.66 Å². The highest BCUT2D eigenvalue weighted by atomic mass is 15.3. The van der Waals surface area contributed by atoms with Crippen LogP contribution < -0.4 is 11.6 Å². The first-order valence-corrected chi connectivity index (χ1v) is 4.52. The second-order valence-electron chi connectivity index (χ2n) is 4.02. The van der Waals surface area contributed by atoms with E-state index in [0.717, 1.165) is 11.0 Å². The summed E-state index contributed by atoms with van der Waals surface area (Å²) in [5.41, 5.74) is 7.22. The Hall–Kier alpha value is -1.55. The molecule has 4 nitrogen and oxygen atoms in total. The summed E-state index contributed by atoms with van der Waals surface area (Å²) in [5, 5.41) is 0. The molecule has 1 aromatic carbocycles. The van der Waals surface area contributed by atoms with Gasteiger partial charge < -0.3 is 11.6 Å². The summed E-state index contributed by atoms with van der Waals surface area (Å²) in [7, 11) is 0. The average Bonchev–Trinajstić information content (AvgIpc) is 2.44. The quantitative estimate of drug-likeness (QED) is 0.657. The standard InChI is InChI=1S/C10H14N4/c1-10(2,11)9-13-7-5-3-4-6-8(7)14(9)12/h3-6H,11-12H2,1-2H3. The molecule has 4 heteroatoms. The van der Waals surface area contributed by atoms with Crippen LogP contribution in [-0.4, -0.2) is 9.66 Å². The molecule has 0 fully saturated rings. The lowest BCUT2D eigenvalue weighted by Gasteiger charge is -2.17. The van der Waals surface area contributed by atoms with Gasteiger partial charge in [-0.05, 0) is 26.0 Å². The molecule has 1 heterocycles. The third-order valence-corrected chi connectivity index (χ3v) is 2.17. The van der Waals surface area contributed by atoms with E-state index in [-0.39, 0.29) is 0 Å². The van der Waals surface area contributed by atoms with Crippen molar-refractivity contribution in [2.24, 2.45) is 5.73 Å². The Morgan fingerprint density at radius 3 is 2.50 bits per heavy atom. The summed E-state index contributed by atoms with van der Waals surface area (Å²) >= 11 is 0. The zero-order valence-corrected chi connectivity index (χ0v) is 8.36. The summed E-state index contributed by atoms with van der Waals surface area (Å²) < 4.78 is 1.55. The normalized spacial score (nSPS) is 12.2. The van der Waals surface area contributed by atoms with Crippen molar-refractivity contribution in [3.63, 3.8) is 0 Å². The van der Waals surface area contributed by atoms with Crippen LogP contribution in [0.3, 0.4) is 0 Å². The first-order valence-electron chi connectivity index (χ1n) is 4.52. The Morgan fingerprint density at radius 1 is 1.29 bits per heavy atom. The van der Waals surface area contributed by atoms with Gasteiger partial charge in [0.25, 0.3) is 0 Å². The highest BCUT2D eigenvalue weighted by molar-refractivity contribution is 5.76. The van der Waals surface area contributed by atoms with E-state index in [0.29, 0.717) is 5.82 Å². The number of nitrogen functional groups attached to an aromatic ring is 1. The molecule has 0 atom stereocenters. The third-order valence-electron chi connectivity index (χ3n) is 2.17. The number of hydrogen-bond acceptors (Lipinski definition) is 3. The van der Waals surface area contributed by atoms with Crippen LogP contribution in [0, 0.1) is 0 Å². The van der Waals surface area contributed by atoms with E-state index < -0.39 is 5.54 Å². The van der Waals surface area contributed by atoms with E-state index in [4.69, 9.17) is 11.6 Å². The van der Waals surface area contributed by atoms with Crippen molar-refractivity contribution in [1.29, 1.82) is 0 Å². The molecule has 0 bridgehead atoms. The van der Waals surface area contributed by atoms with Crippen molar-refractivity contribution in [2.75, 3.05) is 5.84 Å². The second-order valence-corrected chi connectivity index (χ2v) is 4.02.